The maximum atomic E-state index is 10.4. The van der Waals surface area contributed by atoms with Gasteiger partial charge in [-0.15, -0.1) is 18.2 Å². The third-order valence-electron chi connectivity index (χ3n) is 5.01. The molecule has 0 aromatic carbocycles. The highest BCUT2D eigenvalue weighted by molar-refractivity contribution is 6.22. The number of alkyl halides is 1. The molecule has 2 saturated heterocycles. The van der Waals surface area contributed by atoms with Crippen molar-refractivity contribution in [2.45, 2.75) is 62.7 Å². The molecule has 0 aliphatic carbocycles. The molecule has 2 rings (SSSR count). The molecule has 4 atom stereocenters. The van der Waals surface area contributed by atoms with E-state index in [0.717, 1.165) is 6.29 Å². The van der Waals surface area contributed by atoms with E-state index in [-0.39, 0.29) is 23.5 Å². The second-order valence-electron chi connectivity index (χ2n) is 7.18. The molecule has 0 radical (unpaired) electrons. The largest absolute Gasteiger partial charge is 0.390 e. The first-order valence-corrected chi connectivity index (χ1v) is 8.55. The third-order valence-corrected chi connectivity index (χ3v) is 5.45. The molecule has 0 spiro atoms. The minimum absolute atomic E-state index is 0.0602. The molecule has 7 heteroatoms. The molecule has 2 fully saturated rings. The number of hydrogen-bond donors (Lipinski definition) is 1. The highest BCUT2D eigenvalue weighted by Crippen LogP contribution is 2.28. The highest BCUT2D eigenvalue weighted by Gasteiger charge is 2.42. The van der Waals surface area contributed by atoms with Crippen LogP contribution >= 0.6 is 11.6 Å². The van der Waals surface area contributed by atoms with Crippen LogP contribution in [0.15, 0.2) is 12.7 Å². The first-order valence-electron chi connectivity index (χ1n) is 8.11. The first-order chi connectivity index (χ1) is 11.0. The number of hydrogen-bond acceptors (Lipinski definition) is 6. The zero-order valence-electron chi connectivity index (χ0n) is 15.5. The number of carbonyl (C=O) groups excluding carboxylic acids is 1. The average Bonchev–Trinajstić information content (AvgIpc) is 2.95. The third kappa shape index (κ3) is 4.77. The van der Waals surface area contributed by atoms with Crippen molar-refractivity contribution in [3.05, 3.63) is 12.7 Å². The van der Waals surface area contributed by atoms with E-state index >= 15 is 0 Å². The Morgan fingerprint density at radius 1 is 1.17 bits per heavy atom. The zero-order chi connectivity index (χ0) is 18.7. The van der Waals surface area contributed by atoms with Crippen LogP contribution < -0.4 is 0 Å². The Kier molecular flexibility index (Phi) is 7.41. The Balaban J connectivity index is 0.000000254. The van der Waals surface area contributed by atoms with E-state index in [9.17, 15) is 9.90 Å². The van der Waals surface area contributed by atoms with Gasteiger partial charge in [0.2, 0.25) is 0 Å². The van der Waals surface area contributed by atoms with Gasteiger partial charge >= 0.3 is 0 Å². The fourth-order valence-corrected chi connectivity index (χ4v) is 2.78. The second kappa shape index (κ2) is 8.25. The van der Waals surface area contributed by atoms with Gasteiger partial charge in [-0.05, 0) is 41.8 Å². The van der Waals surface area contributed by atoms with Crippen molar-refractivity contribution in [2.75, 3.05) is 27.3 Å². The lowest BCUT2D eigenvalue weighted by atomic mass is 10.1. The number of likely N-dealkylation sites (N-methyl/N-ethyl adjacent to an activating group) is 2. The van der Waals surface area contributed by atoms with E-state index in [0.29, 0.717) is 13.2 Å². The zero-order valence-corrected chi connectivity index (χ0v) is 16.3. The quantitative estimate of drug-likeness (QED) is 0.464. The van der Waals surface area contributed by atoms with Crippen LogP contribution in [0.3, 0.4) is 0 Å². The Labute approximate surface area is 150 Å². The molecule has 6 nitrogen and oxygen atoms in total. The molecule has 2 heterocycles. The van der Waals surface area contributed by atoms with Gasteiger partial charge in [0.05, 0.1) is 36.8 Å². The van der Waals surface area contributed by atoms with Crippen molar-refractivity contribution in [1.82, 2.24) is 9.80 Å². The predicted octanol–water partition coefficient (Wildman–Crippen LogP) is 1.46. The number of nitrogens with zero attached hydrogens (tertiary/aromatic N) is 2. The van der Waals surface area contributed by atoms with E-state index < -0.39 is 11.5 Å². The summed E-state index contributed by atoms with van der Waals surface area (Å²) in [5.41, 5.74) is -0.602. The number of aldehydes is 1. The van der Waals surface area contributed by atoms with E-state index in [1.165, 1.54) is 0 Å². The Morgan fingerprint density at radius 2 is 1.67 bits per heavy atom. The molecular formula is C17H31ClN2O4. The number of carbonyl (C=O) groups is 1. The predicted molar refractivity (Wildman–Crippen MR) is 95.1 cm³/mol. The Morgan fingerprint density at radius 3 is 1.96 bits per heavy atom. The summed E-state index contributed by atoms with van der Waals surface area (Å²) in [6.45, 7) is 12.4. The van der Waals surface area contributed by atoms with Gasteiger partial charge in [-0.3, -0.25) is 9.80 Å². The van der Waals surface area contributed by atoms with Crippen molar-refractivity contribution in [3.63, 3.8) is 0 Å². The summed E-state index contributed by atoms with van der Waals surface area (Å²) < 4.78 is 10.9. The number of halogens is 1. The van der Waals surface area contributed by atoms with Gasteiger partial charge in [-0.25, -0.2) is 0 Å². The summed E-state index contributed by atoms with van der Waals surface area (Å²) in [4.78, 5) is 14.3. The molecule has 0 bridgehead atoms. The van der Waals surface area contributed by atoms with Gasteiger partial charge in [-0.1, -0.05) is 6.08 Å². The van der Waals surface area contributed by atoms with Gasteiger partial charge in [0.15, 0.2) is 0 Å². The van der Waals surface area contributed by atoms with Gasteiger partial charge in [0, 0.05) is 0 Å². The molecular weight excluding hydrogens is 332 g/mol. The highest BCUT2D eigenvalue weighted by atomic mass is 35.5. The molecule has 2 aliphatic heterocycles. The maximum absolute atomic E-state index is 10.4. The molecule has 140 valence electrons. The molecule has 2 aliphatic rings. The normalized spacial score (nSPS) is 31.8. The molecule has 24 heavy (non-hydrogen) atoms. The van der Waals surface area contributed by atoms with E-state index in [1.54, 1.807) is 6.08 Å². The topological polar surface area (TPSA) is 62.2 Å². The van der Waals surface area contributed by atoms with Crippen LogP contribution in [0.5, 0.6) is 0 Å². The molecule has 0 aromatic heterocycles. The molecule has 0 amide bonds. The van der Waals surface area contributed by atoms with Crippen LogP contribution in [0.2, 0.25) is 0 Å². The van der Waals surface area contributed by atoms with E-state index in [4.69, 9.17) is 21.1 Å². The molecule has 0 saturated carbocycles. The fourth-order valence-electron chi connectivity index (χ4n) is 2.61. The van der Waals surface area contributed by atoms with Crippen molar-refractivity contribution >= 4 is 17.9 Å². The van der Waals surface area contributed by atoms with Crippen molar-refractivity contribution in [3.8, 4) is 0 Å². The number of rotatable bonds is 4. The minimum Gasteiger partial charge on any atom is -0.390 e. The van der Waals surface area contributed by atoms with Gasteiger partial charge in [0.1, 0.15) is 17.7 Å². The van der Waals surface area contributed by atoms with E-state index in [2.05, 4.69) is 6.58 Å². The van der Waals surface area contributed by atoms with Crippen molar-refractivity contribution < 1.29 is 19.4 Å². The molecule has 1 N–H and O–H groups in total. The second-order valence-corrected chi connectivity index (χ2v) is 7.68. The number of aliphatic hydroxyl groups is 1. The van der Waals surface area contributed by atoms with E-state index in [1.807, 2.05) is 51.6 Å². The van der Waals surface area contributed by atoms with Crippen molar-refractivity contribution in [1.29, 1.82) is 0 Å². The smallest absolute Gasteiger partial charge is 0.139 e. The lowest BCUT2D eigenvalue weighted by Gasteiger charge is -2.32. The Bertz CT molecular complexity index is 444. The summed E-state index contributed by atoms with van der Waals surface area (Å²) in [6, 6.07) is -0.125. The average molecular weight is 363 g/mol. The number of ether oxygens (including phenoxy) is 2. The minimum atomic E-state index is -0.638. The number of aliphatic hydroxyl groups excluding tert-OH is 1. The molecule has 0 aromatic rings. The summed E-state index contributed by atoms with van der Waals surface area (Å²) in [5, 5.41) is 9.46. The van der Waals surface area contributed by atoms with Crippen LogP contribution in [0, 0.1) is 0 Å². The fraction of sp³-hybridized carbons (Fsp3) is 0.824. The maximum Gasteiger partial charge on any atom is 0.139 e. The SMILES string of the molecule is C=C[C@H](Cl)[C@@H](O)[C@@H]1COC(C)(C)N1C.CN1[C@H](C=O)COC1(C)C. The van der Waals surface area contributed by atoms with Gasteiger partial charge in [-0.2, -0.15) is 0 Å². The lowest BCUT2D eigenvalue weighted by molar-refractivity contribution is -0.112. The standard InChI is InChI=1S/C10H18ClNO2.C7H13NO2/c1-5-7(11)9(13)8-6-14-10(2,3)12(8)4;1-7(2)8(3)6(4-9)5-10-7/h5,7-9,13H,1,6H2,2-4H3;4,6H,5H2,1-3H3/t7-,8-,9+;6-/m01/s1. The molecule has 0 unspecified atom stereocenters. The summed E-state index contributed by atoms with van der Waals surface area (Å²) in [5.74, 6) is 0. The Hall–Kier alpha value is -0.500. The van der Waals surface area contributed by atoms with Crippen LogP contribution in [0.1, 0.15) is 27.7 Å². The van der Waals surface area contributed by atoms with Crippen molar-refractivity contribution in [2.24, 2.45) is 0 Å². The van der Waals surface area contributed by atoms with Gasteiger partial charge < -0.3 is 19.4 Å². The van der Waals surface area contributed by atoms with Crippen LogP contribution in [-0.2, 0) is 14.3 Å². The van der Waals surface area contributed by atoms with Gasteiger partial charge in [0.25, 0.3) is 0 Å². The summed E-state index contributed by atoms with van der Waals surface area (Å²) in [7, 11) is 3.82. The van der Waals surface area contributed by atoms with Crippen LogP contribution in [0.25, 0.3) is 0 Å². The lowest BCUT2D eigenvalue weighted by Crippen LogP contribution is -2.48. The van der Waals surface area contributed by atoms with Crippen LogP contribution in [-0.4, -0.2) is 83.5 Å². The monoisotopic (exact) mass is 362 g/mol. The first kappa shape index (κ1) is 21.5. The van der Waals surface area contributed by atoms with Crippen LogP contribution in [0.4, 0.5) is 0 Å². The summed E-state index contributed by atoms with van der Waals surface area (Å²) >= 11 is 5.90. The summed E-state index contributed by atoms with van der Waals surface area (Å²) in [6.07, 6.45) is 1.83.